The molecule has 2 aromatic rings. The lowest BCUT2D eigenvalue weighted by molar-refractivity contribution is -0.121. The van der Waals surface area contributed by atoms with E-state index in [2.05, 4.69) is 15.4 Å². The summed E-state index contributed by atoms with van der Waals surface area (Å²) in [6.45, 7) is 2.95. The van der Waals surface area contributed by atoms with Crippen LogP contribution >= 0.6 is 24.8 Å². The van der Waals surface area contributed by atoms with Crippen LogP contribution in [0.3, 0.4) is 0 Å². The molecule has 0 unspecified atom stereocenters. The highest BCUT2D eigenvalue weighted by Gasteiger charge is 2.16. The van der Waals surface area contributed by atoms with Gasteiger partial charge < -0.3 is 26.3 Å². The Labute approximate surface area is 183 Å². The highest BCUT2D eigenvalue weighted by molar-refractivity contribution is 5.85. The van der Waals surface area contributed by atoms with Crippen LogP contribution < -0.4 is 26.3 Å². The van der Waals surface area contributed by atoms with E-state index in [0.29, 0.717) is 42.7 Å². The molecule has 0 aliphatic heterocycles. The maximum atomic E-state index is 12.1. The van der Waals surface area contributed by atoms with Crippen LogP contribution in [-0.2, 0) is 17.8 Å². The molecule has 0 radical (unpaired) electrons. The molecule has 0 saturated heterocycles. The quantitative estimate of drug-likeness (QED) is 0.465. The normalized spacial score (nSPS) is 11.1. The third-order valence-electron chi connectivity index (χ3n) is 3.96. The lowest BCUT2D eigenvalue weighted by Crippen LogP contribution is -2.31. The Kier molecular flexibility index (Phi) is 12.3. The highest BCUT2D eigenvalue weighted by atomic mass is 35.5. The van der Waals surface area contributed by atoms with Crippen molar-refractivity contribution < 1.29 is 14.3 Å². The van der Waals surface area contributed by atoms with E-state index in [9.17, 15) is 4.79 Å². The SMILES string of the molecule is COc1ccc(Cc2nc([C@@H](C)N)n(CC(=O)NCCCN)n2)cc1OC.Cl.Cl. The van der Waals surface area contributed by atoms with Crippen LogP contribution in [0.2, 0.25) is 0 Å². The van der Waals surface area contributed by atoms with Gasteiger partial charge in [-0.15, -0.1) is 24.8 Å². The third-order valence-corrected chi connectivity index (χ3v) is 3.96. The zero-order chi connectivity index (χ0) is 19.8. The first-order chi connectivity index (χ1) is 13.0. The second kappa shape index (κ2) is 13.2. The van der Waals surface area contributed by atoms with Crippen LogP contribution in [-0.4, -0.2) is 48.0 Å². The Hall–Kier alpha value is -2.07. The molecule has 0 spiro atoms. The molecule has 9 nitrogen and oxygen atoms in total. The predicted molar refractivity (Wildman–Crippen MR) is 116 cm³/mol. The number of amides is 1. The zero-order valence-electron chi connectivity index (χ0n) is 16.9. The van der Waals surface area contributed by atoms with E-state index in [1.807, 2.05) is 25.1 Å². The monoisotopic (exact) mass is 448 g/mol. The van der Waals surface area contributed by atoms with Gasteiger partial charge in [0.1, 0.15) is 12.4 Å². The lowest BCUT2D eigenvalue weighted by atomic mass is 10.1. The van der Waals surface area contributed by atoms with E-state index < -0.39 is 0 Å². The molecule has 5 N–H and O–H groups in total. The Morgan fingerprint density at radius 1 is 1.24 bits per heavy atom. The molecule has 0 saturated carbocycles. The fraction of sp³-hybridized carbons (Fsp3) is 0.500. The number of nitrogens with one attached hydrogen (secondary N) is 1. The van der Waals surface area contributed by atoms with E-state index in [1.165, 1.54) is 0 Å². The molecular formula is C18H30Cl2N6O3. The molecule has 29 heavy (non-hydrogen) atoms. The summed E-state index contributed by atoms with van der Waals surface area (Å²) in [4.78, 5) is 16.6. The number of hydrogen-bond donors (Lipinski definition) is 3. The predicted octanol–water partition coefficient (Wildman–Crippen LogP) is 1.21. The van der Waals surface area contributed by atoms with Gasteiger partial charge in [0.2, 0.25) is 5.91 Å². The Balaban J connectivity index is 0.00000392. The van der Waals surface area contributed by atoms with Crippen LogP contribution in [0.25, 0.3) is 0 Å². The van der Waals surface area contributed by atoms with Crippen LogP contribution in [0.1, 0.15) is 36.6 Å². The van der Waals surface area contributed by atoms with E-state index in [1.54, 1.807) is 18.9 Å². The smallest absolute Gasteiger partial charge is 0.241 e. The van der Waals surface area contributed by atoms with Crippen LogP contribution in [0.4, 0.5) is 0 Å². The summed E-state index contributed by atoms with van der Waals surface area (Å²) in [7, 11) is 3.18. The number of nitrogens with zero attached hydrogens (tertiary/aromatic N) is 3. The first kappa shape index (κ1) is 26.9. The highest BCUT2D eigenvalue weighted by Crippen LogP contribution is 2.28. The van der Waals surface area contributed by atoms with E-state index in [-0.39, 0.29) is 43.3 Å². The average Bonchev–Trinajstić information content (AvgIpc) is 3.04. The van der Waals surface area contributed by atoms with E-state index >= 15 is 0 Å². The number of aromatic nitrogens is 3. The van der Waals surface area contributed by atoms with Crippen LogP contribution in [0, 0.1) is 0 Å². The molecule has 1 aromatic carbocycles. The summed E-state index contributed by atoms with van der Waals surface area (Å²) in [6.07, 6.45) is 1.22. The number of benzene rings is 1. The number of methoxy groups -OCH3 is 2. The van der Waals surface area contributed by atoms with Crippen molar-refractivity contribution in [2.45, 2.75) is 32.4 Å². The summed E-state index contributed by atoms with van der Waals surface area (Å²) in [6, 6.07) is 5.30. The van der Waals surface area contributed by atoms with Gasteiger partial charge >= 0.3 is 0 Å². The van der Waals surface area contributed by atoms with Crippen molar-refractivity contribution >= 4 is 30.7 Å². The summed E-state index contributed by atoms with van der Waals surface area (Å²) >= 11 is 0. The molecule has 164 valence electrons. The van der Waals surface area contributed by atoms with Gasteiger partial charge in [-0.2, -0.15) is 5.10 Å². The topological polar surface area (TPSA) is 130 Å². The Morgan fingerprint density at radius 2 is 1.93 bits per heavy atom. The maximum absolute atomic E-state index is 12.1. The van der Waals surface area contributed by atoms with Gasteiger partial charge in [-0.25, -0.2) is 9.67 Å². The van der Waals surface area contributed by atoms with E-state index in [0.717, 1.165) is 12.0 Å². The number of ether oxygens (including phenoxy) is 2. The fourth-order valence-electron chi connectivity index (χ4n) is 2.63. The molecule has 2 rings (SSSR count). The van der Waals surface area contributed by atoms with Crippen LogP contribution in [0.15, 0.2) is 18.2 Å². The minimum absolute atomic E-state index is 0. The van der Waals surface area contributed by atoms with E-state index in [4.69, 9.17) is 20.9 Å². The largest absolute Gasteiger partial charge is 0.493 e. The van der Waals surface area contributed by atoms with Gasteiger partial charge in [0.25, 0.3) is 0 Å². The van der Waals surface area contributed by atoms with Gasteiger partial charge in [0, 0.05) is 13.0 Å². The molecule has 0 bridgehead atoms. The van der Waals surface area contributed by atoms with Crippen LogP contribution in [0.5, 0.6) is 11.5 Å². The van der Waals surface area contributed by atoms with Gasteiger partial charge in [0.05, 0.1) is 20.3 Å². The molecule has 1 heterocycles. The van der Waals surface area contributed by atoms with Crippen molar-refractivity contribution in [2.75, 3.05) is 27.3 Å². The minimum atomic E-state index is -0.339. The second-order valence-corrected chi connectivity index (χ2v) is 6.19. The summed E-state index contributed by atoms with van der Waals surface area (Å²) in [5.74, 6) is 2.31. The molecule has 0 aliphatic carbocycles. The Morgan fingerprint density at radius 3 is 2.52 bits per heavy atom. The van der Waals surface area contributed by atoms with Gasteiger partial charge in [-0.1, -0.05) is 6.07 Å². The number of carbonyl (C=O) groups is 1. The molecular weight excluding hydrogens is 419 g/mol. The molecule has 11 heteroatoms. The lowest BCUT2D eigenvalue weighted by Gasteiger charge is -2.08. The standard InChI is InChI=1S/C18H28N6O3.2ClH/c1-12(20)18-22-16(23-24(18)11-17(25)21-8-4-7-19)10-13-5-6-14(26-2)15(9-13)27-3;;/h5-6,9,12H,4,7-8,10-11,19-20H2,1-3H3,(H,21,25);2*1H/t12-;;/m1../s1. The third kappa shape index (κ3) is 7.69. The minimum Gasteiger partial charge on any atom is -0.493 e. The Bertz CT molecular complexity index is 770. The number of hydrogen-bond acceptors (Lipinski definition) is 7. The fourth-order valence-corrected chi connectivity index (χ4v) is 2.63. The van der Waals surface area contributed by atoms with Crippen molar-refractivity contribution in [3.63, 3.8) is 0 Å². The number of nitrogens with two attached hydrogens (primary N) is 2. The van der Waals surface area contributed by atoms with Crippen molar-refractivity contribution in [3.05, 3.63) is 35.4 Å². The molecule has 0 fully saturated rings. The van der Waals surface area contributed by atoms with Crippen molar-refractivity contribution in [3.8, 4) is 11.5 Å². The molecule has 0 aliphatic rings. The van der Waals surface area contributed by atoms with Gasteiger partial charge in [-0.3, -0.25) is 4.79 Å². The van der Waals surface area contributed by atoms with Gasteiger partial charge in [-0.05, 0) is 37.6 Å². The molecule has 1 amide bonds. The van der Waals surface area contributed by atoms with Crippen molar-refractivity contribution in [1.29, 1.82) is 0 Å². The van der Waals surface area contributed by atoms with Crippen molar-refractivity contribution in [2.24, 2.45) is 11.5 Å². The summed E-state index contributed by atoms with van der Waals surface area (Å²) < 4.78 is 12.1. The zero-order valence-corrected chi connectivity index (χ0v) is 18.5. The first-order valence-corrected chi connectivity index (χ1v) is 8.85. The van der Waals surface area contributed by atoms with Crippen molar-refractivity contribution in [1.82, 2.24) is 20.1 Å². The molecule has 1 atom stereocenters. The molecule has 1 aromatic heterocycles. The second-order valence-electron chi connectivity index (χ2n) is 6.19. The van der Waals surface area contributed by atoms with Gasteiger partial charge in [0.15, 0.2) is 17.3 Å². The first-order valence-electron chi connectivity index (χ1n) is 8.85. The maximum Gasteiger partial charge on any atom is 0.241 e. The number of carbonyl (C=O) groups excluding carboxylic acids is 1. The number of rotatable bonds is 10. The average molecular weight is 449 g/mol. The summed E-state index contributed by atoms with van der Waals surface area (Å²) in [5, 5.41) is 7.27. The number of halogens is 2. The summed E-state index contributed by atoms with van der Waals surface area (Å²) in [5.41, 5.74) is 12.4.